The molecule has 0 aliphatic heterocycles. The van der Waals surface area contributed by atoms with Crippen LogP contribution in [0.5, 0.6) is 5.75 Å². The van der Waals surface area contributed by atoms with Gasteiger partial charge in [-0.2, -0.15) is 0 Å². The summed E-state index contributed by atoms with van der Waals surface area (Å²) in [5, 5.41) is 2.74. The number of hydrogen-bond donors (Lipinski definition) is 1. The summed E-state index contributed by atoms with van der Waals surface area (Å²) < 4.78 is 18.3. The molecule has 4 heteroatoms. The smallest absolute Gasteiger partial charge is 0.255 e. The highest BCUT2D eigenvalue weighted by Gasteiger charge is 2.06. The molecule has 0 saturated carbocycles. The van der Waals surface area contributed by atoms with Crippen molar-refractivity contribution in [2.45, 2.75) is 20.0 Å². The van der Waals surface area contributed by atoms with Crippen LogP contribution in [0, 0.1) is 5.82 Å². The van der Waals surface area contributed by atoms with Gasteiger partial charge in [-0.25, -0.2) is 4.39 Å². The molecule has 104 valence electrons. The Morgan fingerprint density at radius 1 is 1.05 bits per heavy atom. The first-order valence-corrected chi connectivity index (χ1v) is 6.38. The molecule has 0 radical (unpaired) electrons. The molecule has 0 heterocycles. The normalized spacial score (nSPS) is 10.4. The van der Waals surface area contributed by atoms with E-state index in [1.54, 1.807) is 24.3 Å². The number of anilines is 1. The van der Waals surface area contributed by atoms with E-state index in [9.17, 15) is 9.18 Å². The van der Waals surface area contributed by atoms with Gasteiger partial charge in [-0.3, -0.25) is 4.79 Å². The van der Waals surface area contributed by atoms with Crippen molar-refractivity contribution in [1.82, 2.24) is 0 Å². The van der Waals surface area contributed by atoms with Gasteiger partial charge in [-0.05, 0) is 62.4 Å². The third-order valence-corrected chi connectivity index (χ3v) is 2.59. The second-order valence-corrected chi connectivity index (χ2v) is 4.65. The molecule has 0 unspecified atom stereocenters. The van der Waals surface area contributed by atoms with Gasteiger partial charge >= 0.3 is 0 Å². The number of carbonyl (C=O) groups is 1. The van der Waals surface area contributed by atoms with Crippen LogP contribution in [-0.2, 0) is 0 Å². The number of amides is 1. The first-order valence-electron chi connectivity index (χ1n) is 6.38. The van der Waals surface area contributed by atoms with E-state index in [2.05, 4.69) is 5.32 Å². The van der Waals surface area contributed by atoms with Crippen molar-refractivity contribution in [2.24, 2.45) is 0 Å². The molecule has 1 N–H and O–H groups in total. The van der Waals surface area contributed by atoms with Crippen molar-refractivity contribution in [2.75, 3.05) is 5.32 Å². The first-order chi connectivity index (χ1) is 9.54. The van der Waals surface area contributed by atoms with E-state index in [1.807, 2.05) is 13.8 Å². The standard InChI is InChI=1S/C16H16FNO2/c1-11(2)20-15-9-7-14(8-10-15)18-16(19)12-3-5-13(17)6-4-12/h3-11H,1-2H3,(H,18,19). The quantitative estimate of drug-likeness (QED) is 0.918. The topological polar surface area (TPSA) is 38.3 Å². The maximum Gasteiger partial charge on any atom is 0.255 e. The third kappa shape index (κ3) is 3.82. The number of hydrogen-bond acceptors (Lipinski definition) is 2. The van der Waals surface area contributed by atoms with Crippen molar-refractivity contribution < 1.29 is 13.9 Å². The van der Waals surface area contributed by atoms with Crippen molar-refractivity contribution >= 4 is 11.6 Å². The van der Waals surface area contributed by atoms with Crippen molar-refractivity contribution in [3.63, 3.8) is 0 Å². The van der Waals surface area contributed by atoms with E-state index in [0.717, 1.165) is 5.75 Å². The van der Waals surface area contributed by atoms with Gasteiger partial charge in [-0.15, -0.1) is 0 Å². The van der Waals surface area contributed by atoms with Gasteiger partial charge in [-0.1, -0.05) is 0 Å². The zero-order chi connectivity index (χ0) is 14.5. The third-order valence-electron chi connectivity index (χ3n) is 2.59. The molecule has 0 bridgehead atoms. The molecule has 3 nitrogen and oxygen atoms in total. The largest absolute Gasteiger partial charge is 0.491 e. The van der Waals surface area contributed by atoms with Crippen molar-refractivity contribution in [1.29, 1.82) is 0 Å². The zero-order valence-corrected chi connectivity index (χ0v) is 11.4. The molecule has 0 saturated heterocycles. The van der Waals surface area contributed by atoms with Crippen LogP contribution in [0.3, 0.4) is 0 Å². The molecule has 2 aromatic rings. The van der Waals surface area contributed by atoms with E-state index >= 15 is 0 Å². The van der Waals surface area contributed by atoms with Crippen LogP contribution in [0.1, 0.15) is 24.2 Å². The van der Waals surface area contributed by atoms with Crippen LogP contribution in [0.2, 0.25) is 0 Å². The average molecular weight is 273 g/mol. The summed E-state index contributed by atoms with van der Waals surface area (Å²) in [6.07, 6.45) is 0.106. The van der Waals surface area contributed by atoms with E-state index < -0.39 is 0 Å². The summed E-state index contributed by atoms with van der Waals surface area (Å²) in [4.78, 5) is 11.9. The molecule has 0 spiro atoms. The van der Waals surface area contributed by atoms with Crippen LogP contribution < -0.4 is 10.1 Å². The Morgan fingerprint density at radius 2 is 1.65 bits per heavy atom. The van der Waals surface area contributed by atoms with E-state index in [-0.39, 0.29) is 17.8 Å². The minimum atomic E-state index is -0.364. The zero-order valence-electron chi connectivity index (χ0n) is 11.4. The van der Waals surface area contributed by atoms with Crippen LogP contribution in [0.15, 0.2) is 48.5 Å². The van der Waals surface area contributed by atoms with Crippen LogP contribution in [0.4, 0.5) is 10.1 Å². The average Bonchev–Trinajstić information content (AvgIpc) is 2.41. The lowest BCUT2D eigenvalue weighted by molar-refractivity contribution is 0.102. The Hall–Kier alpha value is -2.36. The molecule has 0 aliphatic carbocycles. The Morgan fingerprint density at radius 3 is 2.20 bits per heavy atom. The van der Waals surface area contributed by atoms with Gasteiger partial charge in [0.05, 0.1) is 6.10 Å². The van der Waals surface area contributed by atoms with Crippen LogP contribution in [-0.4, -0.2) is 12.0 Å². The second kappa shape index (κ2) is 6.19. The number of halogens is 1. The van der Waals surface area contributed by atoms with Gasteiger partial charge in [0.15, 0.2) is 0 Å². The van der Waals surface area contributed by atoms with E-state index in [4.69, 9.17) is 4.74 Å². The fourth-order valence-electron chi connectivity index (χ4n) is 1.69. The molecule has 1 amide bonds. The number of carbonyl (C=O) groups excluding carboxylic acids is 1. The Kier molecular flexibility index (Phi) is 4.35. The van der Waals surface area contributed by atoms with Gasteiger partial charge < -0.3 is 10.1 Å². The molecule has 0 fully saturated rings. The lowest BCUT2D eigenvalue weighted by atomic mass is 10.2. The van der Waals surface area contributed by atoms with Crippen molar-refractivity contribution in [3.05, 3.63) is 59.9 Å². The Bertz CT molecular complexity index is 576. The second-order valence-electron chi connectivity index (χ2n) is 4.65. The molecule has 0 atom stereocenters. The van der Waals surface area contributed by atoms with Gasteiger partial charge in [0.25, 0.3) is 5.91 Å². The predicted molar refractivity (Wildman–Crippen MR) is 76.6 cm³/mol. The molecular formula is C16H16FNO2. The lowest BCUT2D eigenvalue weighted by Crippen LogP contribution is -2.12. The van der Waals surface area contributed by atoms with Crippen molar-refractivity contribution in [3.8, 4) is 5.75 Å². The fraction of sp³-hybridized carbons (Fsp3) is 0.188. The van der Waals surface area contributed by atoms with Gasteiger partial charge in [0.1, 0.15) is 11.6 Å². The summed E-state index contributed by atoms with van der Waals surface area (Å²) in [5.41, 5.74) is 1.07. The summed E-state index contributed by atoms with van der Waals surface area (Å²) >= 11 is 0. The first kappa shape index (κ1) is 14.1. The minimum Gasteiger partial charge on any atom is -0.491 e. The summed E-state index contributed by atoms with van der Waals surface area (Å²) in [7, 11) is 0. The summed E-state index contributed by atoms with van der Waals surface area (Å²) in [6, 6.07) is 12.5. The van der Waals surface area contributed by atoms with Gasteiger partial charge in [0.2, 0.25) is 0 Å². The van der Waals surface area contributed by atoms with Crippen LogP contribution in [0.25, 0.3) is 0 Å². The monoisotopic (exact) mass is 273 g/mol. The molecular weight excluding hydrogens is 257 g/mol. The molecule has 0 aromatic heterocycles. The number of ether oxygens (including phenoxy) is 1. The number of benzene rings is 2. The SMILES string of the molecule is CC(C)Oc1ccc(NC(=O)c2ccc(F)cc2)cc1. The van der Waals surface area contributed by atoms with Crippen LogP contribution >= 0.6 is 0 Å². The highest BCUT2D eigenvalue weighted by atomic mass is 19.1. The molecule has 20 heavy (non-hydrogen) atoms. The van der Waals surface area contributed by atoms with E-state index in [0.29, 0.717) is 11.3 Å². The molecule has 2 aromatic carbocycles. The number of rotatable bonds is 4. The fourth-order valence-corrected chi connectivity index (χ4v) is 1.69. The molecule has 0 aliphatic rings. The maximum absolute atomic E-state index is 12.8. The Labute approximate surface area is 117 Å². The summed E-state index contributed by atoms with van der Waals surface area (Å²) in [6.45, 7) is 3.90. The lowest BCUT2D eigenvalue weighted by Gasteiger charge is -2.10. The predicted octanol–water partition coefficient (Wildman–Crippen LogP) is 3.87. The highest BCUT2D eigenvalue weighted by Crippen LogP contribution is 2.17. The maximum atomic E-state index is 12.8. The highest BCUT2D eigenvalue weighted by molar-refractivity contribution is 6.04. The summed E-state index contributed by atoms with van der Waals surface area (Å²) in [5.74, 6) is 0.110. The Balaban J connectivity index is 2.02. The minimum absolute atomic E-state index is 0.106. The van der Waals surface area contributed by atoms with E-state index in [1.165, 1.54) is 24.3 Å². The van der Waals surface area contributed by atoms with Gasteiger partial charge in [0, 0.05) is 11.3 Å². The molecule has 2 rings (SSSR count). The number of nitrogens with one attached hydrogen (secondary N) is 1.